The fourth-order valence-electron chi connectivity index (χ4n) is 1.57. The van der Waals surface area contributed by atoms with Crippen molar-refractivity contribution in [3.8, 4) is 0 Å². The van der Waals surface area contributed by atoms with Crippen LogP contribution in [-0.2, 0) is 11.3 Å². The summed E-state index contributed by atoms with van der Waals surface area (Å²) in [6.07, 6.45) is 0. The Bertz CT molecular complexity index is 551. The van der Waals surface area contributed by atoms with Gasteiger partial charge < -0.3 is 15.0 Å². The van der Waals surface area contributed by atoms with Crippen molar-refractivity contribution in [3.63, 3.8) is 0 Å². The molecular formula is C13H13IN2O2. The van der Waals surface area contributed by atoms with E-state index in [2.05, 4.69) is 37.6 Å². The van der Waals surface area contributed by atoms with Gasteiger partial charge in [0.05, 0.1) is 13.7 Å². The number of methoxy groups -OCH3 is 1. The van der Waals surface area contributed by atoms with E-state index in [0.717, 1.165) is 15.0 Å². The average Bonchev–Trinajstić information content (AvgIpc) is 2.86. The van der Waals surface area contributed by atoms with Crippen molar-refractivity contribution in [2.24, 2.45) is 0 Å². The number of benzene rings is 1. The minimum absolute atomic E-state index is 0.351. The minimum Gasteiger partial charge on any atom is -0.464 e. The van der Waals surface area contributed by atoms with E-state index in [0.29, 0.717) is 12.2 Å². The van der Waals surface area contributed by atoms with E-state index >= 15 is 0 Å². The summed E-state index contributed by atoms with van der Waals surface area (Å²) >= 11 is 2.28. The fraction of sp³-hybridized carbons (Fsp3) is 0.154. The molecule has 0 saturated heterocycles. The zero-order valence-corrected chi connectivity index (χ0v) is 12.0. The molecule has 0 amide bonds. The summed E-state index contributed by atoms with van der Waals surface area (Å²) in [7, 11) is 1.37. The molecule has 94 valence electrons. The molecular weight excluding hydrogens is 343 g/mol. The molecule has 0 fully saturated rings. The lowest BCUT2D eigenvalue weighted by atomic mass is 10.3. The van der Waals surface area contributed by atoms with Crippen LogP contribution in [0, 0.1) is 3.57 Å². The summed E-state index contributed by atoms with van der Waals surface area (Å²) in [6.45, 7) is 0.636. The molecule has 18 heavy (non-hydrogen) atoms. The number of aromatic amines is 1. The van der Waals surface area contributed by atoms with Gasteiger partial charge in [0, 0.05) is 15.0 Å². The van der Waals surface area contributed by atoms with E-state index < -0.39 is 0 Å². The Morgan fingerprint density at radius 3 is 2.83 bits per heavy atom. The van der Waals surface area contributed by atoms with Gasteiger partial charge in [0.25, 0.3) is 0 Å². The zero-order chi connectivity index (χ0) is 13.0. The van der Waals surface area contributed by atoms with Crippen molar-refractivity contribution >= 4 is 34.2 Å². The van der Waals surface area contributed by atoms with E-state index in [-0.39, 0.29) is 5.97 Å². The third kappa shape index (κ3) is 3.04. The Morgan fingerprint density at radius 1 is 1.33 bits per heavy atom. The molecule has 2 aromatic rings. The van der Waals surface area contributed by atoms with Crippen molar-refractivity contribution < 1.29 is 9.53 Å². The Labute approximate surface area is 119 Å². The standard InChI is InChI=1S/C13H13IN2O2/c1-18-13(17)12-7-6-9(16-12)8-15-11-5-3-2-4-10(11)14/h2-7,15-16H,8H2,1H3. The first-order valence-corrected chi connectivity index (χ1v) is 6.53. The largest absolute Gasteiger partial charge is 0.464 e. The van der Waals surface area contributed by atoms with Gasteiger partial charge in [-0.05, 0) is 46.9 Å². The van der Waals surface area contributed by atoms with E-state index in [9.17, 15) is 4.79 Å². The summed E-state index contributed by atoms with van der Waals surface area (Å²) in [5.74, 6) is -0.351. The van der Waals surface area contributed by atoms with Crippen LogP contribution in [0.5, 0.6) is 0 Å². The number of rotatable bonds is 4. The van der Waals surface area contributed by atoms with Crippen LogP contribution in [0.4, 0.5) is 5.69 Å². The molecule has 0 aliphatic carbocycles. The van der Waals surface area contributed by atoms with Crippen LogP contribution >= 0.6 is 22.6 Å². The first-order valence-electron chi connectivity index (χ1n) is 5.45. The average molecular weight is 356 g/mol. The van der Waals surface area contributed by atoms with Crippen LogP contribution in [0.2, 0.25) is 0 Å². The monoisotopic (exact) mass is 356 g/mol. The van der Waals surface area contributed by atoms with Crippen LogP contribution in [-0.4, -0.2) is 18.1 Å². The maximum atomic E-state index is 11.3. The molecule has 0 atom stereocenters. The topological polar surface area (TPSA) is 54.1 Å². The van der Waals surface area contributed by atoms with Crippen molar-refractivity contribution in [3.05, 3.63) is 51.4 Å². The van der Waals surface area contributed by atoms with E-state index in [1.165, 1.54) is 7.11 Å². The predicted molar refractivity (Wildman–Crippen MR) is 78.6 cm³/mol. The second-order valence-electron chi connectivity index (χ2n) is 3.72. The van der Waals surface area contributed by atoms with Crippen LogP contribution < -0.4 is 5.32 Å². The molecule has 0 aliphatic rings. The SMILES string of the molecule is COC(=O)c1ccc(CNc2ccccc2I)[nH]1. The second kappa shape index (κ2) is 5.90. The van der Waals surface area contributed by atoms with Gasteiger partial charge >= 0.3 is 5.97 Å². The highest BCUT2D eigenvalue weighted by molar-refractivity contribution is 14.1. The summed E-state index contributed by atoms with van der Waals surface area (Å²) in [5.41, 5.74) is 2.49. The molecule has 1 aromatic carbocycles. The van der Waals surface area contributed by atoms with Crippen molar-refractivity contribution in [2.75, 3.05) is 12.4 Å². The molecule has 2 N–H and O–H groups in total. The number of ether oxygens (including phenoxy) is 1. The number of carbonyl (C=O) groups is 1. The first-order chi connectivity index (χ1) is 8.70. The number of para-hydroxylation sites is 1. The summed E-state index contributed by atoms with van der Waals surface area (Å²) in [5, 5.41) is 3.31. The smallest absolute Gasteiger partial charge is 0.354 e. The number of halogens is 1. The van der Waals surface area contributed by atoms with Crippen molar-refractivity contribution in [1.82, 2.24) is 4.98 Å². The Hall–Kier alpha value is -1.50. The summed E-state index contributed by atoms with van der Waals surface area (Å²) in [4.78, 5) is 14.3. The quantitative estimate of drug-likeness (QED) is 0.654. The number of hydrogen-bond donors (Lipinski definition) is 2. The second-order valence-corrected chi connectivity index (χ2v) is 4.88. The van der Waals surface area contributed by atoms with Crippen molar-refractivity contribution in [2.45, 2.75) is 6.54 Å². The Morgan fingerprint density at radius 2 is 2.11 bits per heavy atom. The number of nitrogens with one attached hydrogen (secondary N) is 2. The summed E-state index contributed by atoms with van der Waals surface area (Å²) in [6, 6.07) is 11.6. The fourth-order valence-corrected chi connectivity index (χ4v) is 2.15. The van der Waals surface area contributed by atoms with Crippen molar-refractivity contribution in [1.29, 1.82) is 0 Å². The van der Waals surface area contributed by atoms with Gasteiger partial charge in [0.2, 0.25) is 0 Å². The lowest BCUT2D eigenvalue weighted by Crippen LogP contribution is -2.04. The maximum absolute atomic E-state index is 11.3. The highest BCUT2D eigenvalue weighted by Gasteiger charge is 2.07. The normalized spacial score (nSPS) is 10.1. The molecule has 4 nitrogen and oxygen atoms in total. The lowest BCUT2D eigenvalue weighted by molar-refractivity contribution is 0.0594. The molecule has 5 heteroatoms. The van der Waals surface area contributed by atoms with E-state index in [1.54, 1.807) is 6.07 Å². The number of carbonyl (C=O) groups excluding carboxylic acids is 1. The first kappa shape index (κ1) is 12.9. The maximum Gasteiger partial charge on any atom is 0.354 e. The predicted octanol–water partition coefficient (Wildman–Crippen LogP) is 3.02. The number of esters is 1. The number of aromatic nitrogens is 1. The van der Waals surface area contributed by atoms with Gasteiger partial charge in [0.15, 0.2) is 0 Å². The zero-order valence-electron chi connectivity index (χ0n) is 9.87. The highest BCUT2D eigenvalue weighted by Crippen LogP contribution is 2.17. The third-order valence-corrected chi connectivity index (χ3v) is 3.44. The van der Waals surface area contributed by atoms with Gasteiger partial charge in [-0.3, -0.25) is 0 Å². The van der Waals surface area contributed by atoms with Crippen LogP contribution in [0.25, 0.3) is 0 Å². The Kier molecular flexibility index (Phi) is 4.24. The van der Waals surface area contributed by atoms with Gasteiger partial charge in [0.1, 0.15) is 5.69 Å². The lowest BCUT2D eigenvalue weighted by Gasteiger charge is -2.06. The summed E-state index contributed by atoms with van der Waals surface area (Å²) < 4.78 is 5.80. The number of anilines is 1. The van der Waals surface area contributed by atoms with E-state index in [4.69, 9.17) is 0 Å². The minimum atomic E-state index is -0.351. The highest BCUT2D eigenvalue weighted by atomic mass is 127. The van der Waals surface area contributed by atoms with E-state index in [1.807, 2.05) is 30.3 Å². The van der Waals surface area contributed by atoms with Gasteiger partial charge in [-0.1, -0.05) is 12.1 Å². The number of hydrogen-bond acceptors (Lipinski definition) is 3. The molecule has 0 bridgehead atoms. The molecule has 0 spiro atoms. The van der Waals surface area contributed by atoms with Crippen LogP contribution in [0.3, 0.4) is 0 Å². The molecule has 1 aromatic heterocycles. The van der Waals surface area contributed by atoms with Crippen LogP contribution in [0.1, 0.15) is 16.2 Å². The van der Waals surface area contributed by atoms with Crippen LogP contribution in [0.15, 0.2) is 36.4 Å². The molecule has 0 radical (unpaired) electrons. The molecule has 0 unspecified atom stereocenters. The molecule has 1 heterocycles. The van der Waals surface area contributed by atoms with Gasteiger partial charge in [-0.15, -0.1) is 0 Å². The molecule has 2 rings (SSSR count). The van der Waals surface area contributed by atoms with Gasteiger partial charge in [-0.25, -0.2) is 4.79 Å². The number of H-pyrrole nitrogens is 1. The third-order valence-electron chi connectivity index (χ3n) is 2.49. The van der Waals surface area contributed by atoms with Gasteiger partial charge in [-0.2, -0.15) is 0 Å². The molecule has 0 saturated carbocycles. The Balaban J connectivity index is 2.01. The molecule has 0 aliphatic heterocycles.